The Morgan fingerprint density at radius 3 is 1.15 bits per heavy atom. The molecule has 0 heterocycles. The third kappa shape index (κ3) is 52.1. The van der Waals surface area contributed by atoms with Crippen molar-refractivity contribution in [3.05, 3.63) is 60.8 Å². The fourth-order valence-electron chi connectivity index (χ4n) is 7.99. The zero-order chi connectivity index (χ0) is 52.7. The van der Waals surface area contributed by atoms with Crippen LogP contribution in [0.3, 0.4) is 0 Å². The molecule has 0 fully saturated rings. The molecule has 0 radical (unpaired) electrons. The fourth-order valence-corrected chi connectivity index (χ4v) is 8.77. The van der Waals surface area contributed by atoms with Crippen LogP contribution < -0.4 is 0 Å². The maximum Gasteiger partial charge on any atom is 0.472 e. The third-order valence-electron chi connectivity index (χ3n) is 12.4. The van der Waals surface area contributed by atoms with Crippen LogP contribution in [0.25, 0.3) is 0 Å². The molecule has 0 saturated carbocycles. The quantitative estimate of drug-likeness (QED) is 0.0197. The van der Waals surface area contributed by atoms with Crippen LogP contribution >= 0.6 is 7.82 Å². The van der Waals surface area contributed by atoms with E-state index in [-0.39, 0.29) is 25.9 Å². The molecule has 3 unspecified atom stereocenters. The topological polar surface area (TPSA) is 155 Å². The van der Waals surface area contributed by atoms with Crippen molar-refractivity contribution in [3.8, 4) is 0 Å². The predicted molar refractivity (Wildman–Crippen MR) is 298 cm³/mol. The Hall–Kier alpha value is -2.82. The highest BCUT2D eigenvalue weighted by atomic mass is 31.2. The van der Waals surface area contributed by atoms with Crippen LogP contribution in [-0.4, -0.2) is 66.5 Å². The molecule has 0 bridgehead atoms. The molecule has 0 spiro atoms. The molecule has 72 heavy (non-hydrogen) atoms. The van der Waals surface area contributed by atoms with Gasteiger partial charge in [-0.25, -0.2) is 4.57 Å². The minimum atomic E-state index is -4.75. The number of carbonyl (C=O) groups excluding carboxylic acids is 3. The molecule has 0 aromatic carbocycles. The van der Waals surface area contributed by atoms with Gasteiger partial charge >= 0.3 is 25.7 Å². The van der Waals surface area contributed by atoms with Gasteiger partial charge in [0.15, 0.2) is 6.10 Å². The van der Waals surface area contributed by atoms with Crippen molar-refractivity contribution < 1.29 is 52.2 Å². The van der Waals surface area contributed by atoms with E-state index in [0.29, 0.717) is 19.3 Å². The summed E-state index contributed by atoms with van der Waals surface area (Å²) >= 11 is 0. The van der Waals surface area contributed by atoms with Gasteiger partial charge in [0.1, 0.15) is 12.7 Å². The van der Waals surface area contributed by atoms with Gasteiger partial charge < -0.3 is 24.2 Å². The molecule has 0 aliphatic carbocycles. The maximum absolute atomic E-state index is 12.9. The highest BCUT2D eigenvalue weighted by molar-refractivity contribution is 7.47. The predicted octanol–water partition coefficient (Wildman–Crippen LogP) is 17.1. The van der Waals surface area contributed by atoms with Gasteiger partial charge in [-0.1, -0.05) is 223 Å². The molecular weight excluding hydrogens is 928 g/mol. The number of hydrogen-bond acceptors (Lipinski definition) is 10. The summed E-state index contributed by atoms with van der Waals surface area (Å²) in [7, 11) is -4.75. The normalized spacial score (nSPS) is 13.8. The van der Waals surface area contributed by atoms with E-state index < -0.39 is 57.8 Å². The van der Waals surface area contributed by atoms with Crippen LogP contribution in [0.1, 0.15) is 265 Å². The molecule has 0 amide bonds. The van der Waals surface area contributed by atoms with Crippen LogP contribution in [0.15, 0.2) is 60.8 Å². The molecule has 3 atom stereocenters. The average molecular weight is 1040 g/mol. The second-order valence-electron chi connectivity index (χ2n) is 19.4. The van der Waals surface area contributed by atoms with Crippen LogP contribution in [0.5, 0.6) is 0 Å². The molecule has 0 aromatic heterocycles. The van der Waals surface area contributed by atoms with Crippen LogP contribution in [-0.2, 0) is 42.2 Å². The number of phosphoric acid groups is 1. The Labute approximate surface area is 440 Å². The molecular formula is C60H107O11P. The van der Waals surface area contributed by atoms with E-state index >= 15 is 0 Å². The largest absolute Gasteiger partial charge is 0.472 e. The second-order valence-corrected chi connectivity index (χ2v) is 20.9. The zero-order valence-electron chi connectivity index (χ0n) is 46.1. The van der Waals surface area contributed by atoms with E-state index in [1.54, 1.807) is 0 Å². The van der Waals surface area contributed by atoms with Crippen molar-refractivity contribution in [1.29, 1.82) is 0 Å². The van der Waals surface area contributed by atoms with Crippen molar-refractivity contribution in [1.82, 2.24) is 0 Å². The Kier molecular flexibility index (Phi) is 52.3. The first kappa shape index (κ1) is 69.2. The van der Waals surface area contributed by atoms with Crippen LogP contribution in [0, 0.1) is 0 Å². The van der Waals surface area contributed by atoms with Gasteiger partial charge in [-0.15, -0.1) is 0 Å². The number of unbranched alkanes of at least 4 members (excludes halogenated alkanes) is 27. The smallest absolute Gasteiger partial charge is 0.462 e. The van der Waals surface area contributed by atoms with Gasteiger partial charge in [0, 0.05) is 19.3 Å². The van der Waals surface area contributed by atoms with Gasteiger partial charge in [0.05, 0.1) is 19.8 Å². The molecule has 0 saturated heterocycles. The first-order valence-corrected chi connectivity index (χ1v) is 30.7. The highest BCUT2D eigenvalue weighted by Gasteiger charge is 2.28. The van der Waals surface area contributed by atoms with E-state index in [0.717, 1.165) is 89.9 Å². The number of esters is 3. The second kappa shape index (κ2) is 54.4. The lowest BCUT2D eigenvalue weighted by molar-refractivity contribution is -0.161. The fraction of sp³-hybridized carbons (Fsp3) is 0.783. The molecule has 0 aliphatic heterocycles. The molecule has 418 valence electrons. The summed E-state index contributed by atoms with van der Waals surface area (Å²) in [6.45, 7) is 4.49. The van der Waals surface area contributed by atoms with Crippen molar-refractivity contribution in [3.63, 3.8) is 0 Å². The van der Waals surface area contributed by atoms with E-state index in [1.165, 1.54) is 116 Å². The number of hydrogen-bond donors (Lipinski definition) is 2. The molecule has 0 rings (SSSR count). The van der Waals surface area contributed by atoms with E-state index in [4.69, 9.17) is 23.3 Å². The van der Waals surface area contributed by atoms with E-state index in [1.807, 2.05) is 0 Å². The first-order valence-electron chi connectivity index (χ1n) is 29.2. The van der Waals surface area contributed by atoms with E-state index in [2.05, 4.69) is 81.5 Å². The summed E-state index contributed by atoms with van der Waals surface area (Å²) < 4.78 is 39.5. The van der Waals surface area contributed by atoms with Crippen LogP contribution in [0.4, 0.5) is 0 Å². The molecule has 11 nitrogen and oxygen atoms in total. The lowest BCUT2D eigenvalue weighted by Gasteiger charge is -2.21. The lowest BCUT2D eigenvalue weighted by Crippen LogP contribution is -2.30. The summed E-state index contributed by atoms with van der Waals surface area (Å²) in [5.74, 6) is -1.49. The summed E-state index contributed by atoms with van der Waals surface area (Å²) in [6, 6.07) is 0. The number of rotatable bonds is 54. The minimum absolute atomic E-state index is 0.132. The SMILES string of the molecule is CC/C=C\C/C=C\C/C=C\CCCCCC(=O)OC(COC(=O)CCCCCCCCCCC/C=C\C/C=C\CCCCC)COP(=O)(O)OCC(CO)OC(=O)CCCCCCCCCCCCCCC. The van der Waals surface area contributed by atoms with Crippen molar-refractivity contribution in [2.75, 3.05) is 26.4 Å². The number of carbonyl (C=O) groups is 3. The zero-order valence-corrected chi connectivity index (χ0v) is 47.0. The van der Waals surface area contributed by atoms with Crippen LogP contribution in [0.2, 0.25) is 0 Å². The number of aliphatic hydroxyl groups excluding tert-OH is 1. The Morgan fingerprint density at radius 2 is 0.722 bits per heavy atom. The standard InChI is InChI=1S/C60H107O11P/c1-4-7-10-13-16-19-22-25-26-27-28-29-30-33-34-37-40-43-46-49-58(62)67-53-57(71-60(64)51-48-45-42-39-36-32-24-21-18-15-12-9-6-3)55-69-72(65,66)68-54-56(52-61)70-59(63)50-47-44-41-38-35-31-23-20-17-14-11-8-5-2/h9,12,16,18-19,21,25-26,32,36,56-57,61H,4-8,10-11,13-15,17,20,22-24,27-31,33-35,37-55H2,1-3H3,(H,65,66)/b12-9-,19-16-,21-18-,26-25-,36-32-. The summed E-state index contributed by atoms with van der Waals surface area (Å²) in [5.41, 5.74) is 0. The minimum Gasteiger partial charge on any atom is -0.462 e. The van der Waals surface area contributed by atoms with Crippen molar-refractivity contribution in [2.24, 2.45) is 0 Å². The Morgan fingerprint density at radius 1 is 0.403 bits per heavy atom. The molecule has 2 N–H and O–H groups in total. The van der Waals surface area contributed by atoms with Gasteiger partial charge in [-0.3, -0.25) is 23.4 Å². The highest BCUT2D eigenvalue weighted by Crippen LogP contribution is 2.43. The van der Waals surface area contributed by atoms with Gasteiger partial charge in [-0.2, -0.15) is 0 Å². The van der Waals surface area contributed by atoms with Gasteiger partial charge in [0.25, 0.3) is 0 Å². The molecule has 0 aromatic rings. The molecule has 0 aliphatic rings. The summed E-state index contributed by atoms with van der Waals surface area (Å²) in [6.07, 6.45) is 59.0. The van der Waals surface area contributed by atoms with Crippen molar-refractivity contribution in [2.45, 2.75) is 277 Å². The number of phosphoric ester groups is 1. The Bertz CT molecular complexity index is 1440. The lowest BCUT2D eigenvalue weighted by atomic mass is 10.0. The third-order valence-corrected chi connectivity index (χ3v) is 13.4. The first-order chi connectivity index (χ1) is 35.2. The summed E-state index contributed by atoms with van der Waals surface area (Å²) in [4.78, 5) is 48.5. The number of ether oxygens (including phenoxy) is 3. The van der Waals surface area contributed by atoms with Crippen molar-refractivity contribution >= 4 is 25.7 Å². The summed E-state index contributed by atoms with van der Waals surface area (Å²) in [5, 5.41) is 9.80. The number of allylic oxidation sites excluding steroid dienone is 10. The van der Waals surface area contributed by atoms with Gasteiger partial charge in [-0.05, 0) is 83.5 Å². The van der Waals surface area contributed by atoms with Gasteiger partial charge in [0.2, 0.25) is 0 Å². The maximum atomic E-state index is 12.9. The monoisotopic (exact) mass is 1030 g/mol. The number of aliphatic hydroxyl groups is 1. The van der Waals surface area contributed by atoms with E-state index in [9.17, 15) is 28.9 Å². The molecule has 12 heteroatoms. The average Bonchev–Trinajstić information content (AvgIpc) is 3.37. The Balaban J connectivity index is 4.70.